The highest BCUT2D eigenvalue weighted by molar-refractivity contribution is 5.88. The second-order valence-corrected chi connectivity index (χ2v) is 6.09. The number of rotatable bonds is 6. The molecule has 0 spiro atoms. The molecule has 0 aliphatic carbocycles. The van der Waals surface area contributed by atoms with Gasteiger partial charge in [-0.3, -0.25) is 4.99 Å². The molecule has 1 aromatic carbocycles. The van der Waals surface area contributed by atoms with Crippen molar-refractivity contribution >= 4 is 17.9 Å². The summed E-state index contributed by atoms with van der Waals surface area (Å²) in [5.74, 6) is 0. The van der Waals surface area contributed by atoms with Crippen LogP contribution in [0.15, 0.2) is 58.6 Å². The van der Waals surface area contributed by atoms with Crippen molar-refractivity contribution in [1.29, 1.82) is 0 Å². The third-order valence-electron chi connectivity index (χ3n) is 4.19. The molecule has 0 amide bonds. The van der Waals surface area contributed by atoms with Gasteiger partial charge in [-0.25, -0.2) is 0 Å². The predicted octanol–water partition coefficient (Wildman–Crippen LogP) is 6.41. The van der Waals surface area contributed by atoms with Gasteiger partial charge in [-0.1, -0.05) is 49.4 Å². The van der Waals surface area contributed by atoms with Crippen LogP contribution in [-0.2, 0) is 0 Å². The summed E-state index contributed by atoms with van der Waals surface area (Å²) >= 11 is 0. The van der Waals surface area contributed by atoms with E-state index in [1.165, 1.54) is 22.3 Å². The van der Waals surface area contributed by atoms with Gasteiger partial charge in [-0.2, -0.15) is 0 Å². The number of benzene rings is 1. The summed E-state index contributed by atoms with van der Waals surface area (Å²) in [6, 6.07) is 6.46. The van der Waals surface area contributed by atoms with E-state index in [1.54, 1.807) is 7.05 Å². The maximum atomic E-state index is 4.29. The minimum absolute atomic E-state index is 0.998. The minimum atomic E-state index is 0.998. The van der Waals surface area contributed by atoms with Crippen molar-refractivity contribution in [2.24, 2.45) is 4.99 Å². The van der Waals surface area contributed by atoms with E-state index in [0.717, 1.165) is 28.7 Å². The zero-order valence-electron chi connectivity index (χ0n) is 15.5. The van der Waals surface area contributed by atoms with Crippen molar-refractivity contribution in [3.8, 4) is 0 Å². The lowest BCUT2D eigenvalue weighted by molar-refractivity contribution is 1.08. The van der Waals surface area contributed by atoms with Gasteiger partial charge in [0.05, 0.1) is 0 Å². The van der Waals surface area contributed by atoms with Gasteiger partial charge in [0.15, 0.2) is 0 Å². The Balaban J connectivity index is 3.30. The zero-order chi connectivity index (χ0) is 17.6. The van der Waals surface area contributed by atoms with Crippen LogP contribution in [0.1, 0.15) is 50.8 Å². The lowest BCUT2D eigenvalue weighted by atomic mass is 9.93. The average Bonchev–Trinajstić information content (AvgIpc) is 2.52. The third-order valence-corrected chi connectivity index (χ3v) is 4.19. The summed E-state index contributed by atoms with van der Waals surface area (Å²) in [6.07, 6.45) is 5.12. The molecule has 0 aliphatic heterocycles. The van der Waals surface area contributed by atoms with Gasteiger partial charge in [0, 0.05) is 13.3 Å². The largest absolute Gasteiger partial charge is 0.296 e. The summed E-state index contributed by atoms with van der Waals surface area (Å²) < 4.78 is 0. The fraction of sp³-hybridized carbons (Fsp3) is 0.318. The van der Waals surface area contributed by atoms with Gasteiger partial charge < -0.3 is 0 Å². The zero-order valence-corrected chi connectivity index (χ0v) is 15.5. The van der Waals surface area contributed by atoms with Crippen molar-refractivity contribution < 1.29 is 0 Å². The molecule has 0 unspecified atom stereocenters. The Morgan fingerprint density at radius 3 is 2.35 bits per heavy atom. The molecule has 0 radical (unpaired) electrons. The molecule has 0 bridgehead atoms. The van der Waals surface area contributed by atoms with E-state index in [2.05, 4.69) is 70.1 Å². The van der Waals surface area contributed by atoms with Gasteiger partial charge in [0.25, 0.3) is 0 Å². The van der Waals surface area contributed by atoms with E-state index in [4.69, 9.17) is 0 Å². The van der Waals surface area contributed by atoms with Crippen LogP contribution in [0.2, 0.25) is 0 Å². The maximum Gasteiger partial charge on any atom is 0.0286 e. The Kier molecular flexibility index (Phi) is 6.96. The van der Waals surface area contributed by atoms with Crippen molar-refractivity contribution in [3.63, 3.8) is 0 Å². The molecule has 23 heavy (non-hydrogen) atoms. The van der Waals surface area contributed by atoms with Crippen LogP contribution in [0.25, 0.3) is 11.6 Å². The van der Waals surface area contributed by atoms with Crippen LogP contribution in [0.3, 0.4) is 0 Å². The number of aryl methyl sites for hydroxylation is 1. The summed E-state index contributed by atoms with van der Waals surface area (Å²) in [7, 11) is 1.80. The van der Waals surface area contributed by atoms with Gasteiger partial charge in [0.1, 0.15) is 0 Å². The van der Waals surface area contributed by atoms with E-state index in [-0.39, 0.29) is 0 Å². The quantitative estimate of drug-likeness (QED) is 0.425. The lowest BCUT2D eigenvalue weighted by Crippen LogP contribution is -1.97. The predicted molar refractivity (Wildman–Crippen MR) is 106 cm³/mol. The highest BCUT2D eigenvalue weighted by atomic mass is 14.6. The maximum absolute atomic E-state index is 4.29. The Morgan fingerprint density at radius 1 is 1.17 bits per heavy atom. The van der Waals surface area contributed by atoms with Crippen LogP contribution in [-0.4, -0.2) is 13.3 Å². The van der Waals surface area contributed by atoms with Gasteiger partial charge >= 0.3 is 0 Å². The van der Waals surface area contributed by atoms with Crippen LogP contribution in [0, 0.1) is 6.92 Å². The van der Waals surface area contributed by atoms with Crippen molar-refractivity contribution in [3.05, 3.63) is 70.3 Å². The molecule has 0 saturated heterocycles. The second kappa shape index (κ2) is 8.47. The van der Waals surface area contributed by atoms with E-state index >= 15 is 0 Å². The Bertz CT molecular complexity index is 697. The van der Waals surface area contributed by atoms with Gasteiger partial charge in [-0.15, -0.1) is 0 Å². The number of allylic oxidation sites excluding steroid dienone is 5. The van der Waals surface area contributed by atoms with E-state index in [9.17, 15) is 0 Å². The molecule has 0 aliphatic rings. The first-order chi connectivity index (χ1) is 10.8. The monoisotopic (exact) mass is 307 g/mol. The van der Waals surface area contributed by atoms with Crippen molar-refractivity contribution in [2.75, 3.05) is 7.05 Å². The van der Waals surface area contributed by atoms with Crippen LogP contribution in [0.4, 0.5) is 0 Å². The lowest BCUT2D eigenvalue weighted by Gasteiger charge is -2.12. The number of hydrogen-bond acceptors (Lipinski definition) is 1. The molecule has 0 atom stereocenters. The molecular weight excluding hydrogens is 278 g/mol. The number of hydrogen-bond donors (Lipinski definition) is 0. The highest BCUT2D eigenvalue weighted by Crippen LogP contribution is 2.25. The van der Waals surface area contributed by atoms with Gasteiger partial charge in [-0.05, 0) is 73.6 Å². The minimum Gasteiger partial charge on any atom is -0.296 e. The molecule has 122 valence electrons. The van der Waals surface area contributed by atoms with Crippen molar-refractivity contribution in [2.45, 2.75) is 41.0 Å². The molecule has 0 N–H and O–H groups in total. The summed E-state index contributed by atoms with van der Waals surface area (Å²) in [5.41, 5.74) is 9.37. The van der Waals surface area contributed by atoms with Gasteiger partial charge in [0.2, 0.25) is 0 Å². The average molecular weight is 307 g/mol. The highest BCUT2D eigenvalue weighted by Gasteiger charge is 2.07. The first kappa shape index (κ1) is 18.9. The van der Waals surface area contributed by atoms with Crippen molar-refractivity contribution in [1.82, 2.24) is 0 Å². The van der Waals surface area contributed by atoms with Crippen LogP contribution in [0.5, 0.6) is 0 Å². The Labute approximate surface area is 141 Å². The number of aliphatic imine (C=N–C) groups is 1. The normalized spacial score (nSPS) is 13.2. The number of nitrogens with zero attached hydrogens (tertiary/aromatic N) is 1. The van der Waals surface area contributed by atoms with E-state index in [1.807, 2.05) is 13.1 Å². The summed E-state index contributed by atoms with van der Waals surface area (Å²) in [5, 5.41) is 0. The fourth-order valence-electron chi connectivity index (χ4n) is 2.36. The first-order valence-electron chi connectivity index (χ1n) is 8.08. The van der Waals surface area contributed by atoms with E-state index < -0.39 is 0 Å². The molecule has 1 rings (SSSR count). The SMILES string of the molecule is C=C(/C(C=NC)=C(\C)CC)/C(C)=C/c1cc(C(=C)C)ccc1C. The Hall–Kier alpha value is -2.15. The topological polar surface area (TPSA) is 12.4 Å². The molecule has 1 heteroatoms. The van der Waals surface area contributed by atoms with Crippen LogP contribution >= 0.6 is 0 Å². The Morgan fingerprint density at radius 2 is 1.83 bits per heavy atom. The smallest absolute Gasteiger partial charge is 0.0286 e. The molecule has 1 aromatic rings. The standard InChI is InChI=1S/C22H29N/c1-9-16(4)22(14-23-8)19(7)18(6)12-21-13-20(15(2)3)11-10-17(21)5/h10-14H,2,7,9H2,1,3-6,8H3/b18-12+,22-16+,23-14?. The summed E-state index contributed by atoms with van der Waals surface area (Å²) in [4.78, 5) is 4.19. The second-order valence-electron chi connectivity index (χ2n) is 6.09. The third kappa shape index (κ3) is 4.92. The molecule has 0 heterocycles. The van der Waals surface area contributed by atoms with E-state index in [0.29, 0.717) is 0 Å². The first-order valence-corrected chi connectivity index (χ1v) is 8.08. The summed E-state index contributed by atoms with van der Waals surface area (Å²) in [6.45, 7) is 18.9. The fourth-order valence-corrected chi connectivity index (χ4v) is 2.36. The molecule has 0 aromatic heterocycles. The molecular formula is C22H29N. The molecule has 1 nitrogen and oxygen atoms in total. The molecule has 0 saturated carbocycles. The van der Waals surface area contributed by atoms with Crippen LogP contribution < -0.4 is 0 Å². The molecule has 0 fully saturated rings.